The summed E-state index contributed by atoms with van der Waals surface area (Å²) in [6.45, 7) is 2.11. The molecule has 1 unspecified atom stereocenters. The van der Waals surface area contributed by atoms with Gasteiger partial charge >= 0.3 is 0 Å². The van der Waals surface area contributed by atoms with Crippen molar-refractivity contribution in [2.24, 2.45) is 0 Å². The number of carbonyl (C=O) groups is 1. The Morgan fingerprint density at radius 1 is 1.32 bits per heavy atom. The van der Waals surface area contributed by atoms with Gasteiger partial charge in [0.25, 0.3) is 0 Å². The van der Waals surface area contributed by atoms with Crippen LogP contribution in [-0.2, 0) is 0 Å². The molecule has 102 valence electrons. The van der Waals surface area contributed by atoms with E-state index in [9.17, 15) is 4.79 Å². The lowest BCUT2D eigenvalue weighted by molar-refractivity contribution is 0.0970. The molecule has 0 spiro atoms. The molecule has 1 atom stereocenters. The van der Waals surface area contributed by atoms with Gasteiger partial charge in [-0.05, 0) is 18.2 Å². The van der Waals surface area contributed by atoms with Crippen LogP contribution in [0.1, 0.15) is 16.8 Å². The number of hydrogen-bond acceptors (Lipinski definition) is 5. The van der Waals surface area contributed by atoms with Crippen LogP contribution in [0.25, 0.3) is 0 Å². The number of thioether (sulfide) groups is 1. The van der Waals surface area contributed by atoms with E-state index in [-0.39, 0.29) is 5.78 Å². The van der Waals surface area contributed by atoms with Crippen molar-refractivity contribution in [2.75, 3.05) is 31.3 Å². The molecule has 0 aromatic heterocycles. The van der Waals surface area contributed by atoms with Crippen molar-refractivity contribution in [3.63, 3.8) is 0 Å². The van der Waals surface area contributed by atoms with Gasteiger partial charge in [0.1, 0.15) is 13.2 Å². The monoisotopic (exact) mass is 279 g/mol. The second kappa shape index (κ2) is 5.84. The van der Waals surface area contributed by atoms with Gasteiger partial charge in [-0.1, -0.05) is 0 Å². The van der Waals surface area contributed by atoms with Gasteiger partial charge in [0.15, 0.2) is 17.3 Å². The minimum absolute atomic E-state index is 0.164. The fourth-order valence-electron chi connectivity index (χ4n) is 2.31. The lowest BCUT2D eigenvalue weighted by atomic mass is 10.0. The zero-order valence-electron chi connectivity index (χ0n) is 10.7. The number of nitrogens with one attached hydrogen (secondary N) is 1. The first-order valence-corrected chi connectivity index (χ1v) is 7.72. The van der Waals surface area contributed by atoms with Crippen LogP contribution < -0.4 is 14.8 Å². The average molecular weight is 279 g/mol. The highest BCUT2D eigenvalue weighted by atomic mass is 32.2. The van der Waals surface area contributed by atoms with E-state index in [2.05, 4.69) is 5.32 Å². The summed E-state index contributed by atoms with van der Waals surface area (Å²) in [6, 6.07) is 5.74. The number of rotatable bonds is 3. The van der Waals surface area contributed by atoms with Crippen LogP contribution in [0.3, 0.4) is 0 Å². The molecule has 1 fully saturated rings. The molecule has 0 amide bonds. The van der Waals surface area contributed by atoms with E-state index in [0.717, 1.165) is 23.8 Å². The van der Waals surface area contributed by atoms with E-state index in [0.29, 0.717) is 37.0 Å². The van der Waals surface area contributed by atoms with Crippen molar-refractivity contribution in [2.45, 2.75) is 12.5 Å². The van der Waals surface area contributed by atoms with E-state index < -0.39 is 0 Å². The van der Waals surface area contributed by atoms with Gasteiger partial charge in [0.2, 0.25) is 0 Å². The normalized spacial score (nSPS) is 22.0. The van der Waals surface area contributed by atoms with E-state index in [1.807, 2.05) is 23.9 Å². The van der Waals surface area contributed by atoms with Crippen LogP contribution in [0.2, 0.25) is 0 Å². The first-order valence-electron chi connectivity index (χ1n) is 6.57. The molecule has 2 aliphatic heterocycles. The summed E-state index contributed by atoms with van der Waals surface area (Å²) < 4.78 is 11.0. The fourth-order valence-corrected chi connectivity index (χ4v) is 3.26. The molecule has 0 saturated carbocycles. The predicted molar refractivity (Wildman–Crippen MR) is 75.5 cm³/mol. The summed E-state index contributed by atoms with van der Waals surface area (Å²) in [5.41, 5.74) is 0.710. The summed E-state index contributed by atoms with van der Waals surface area (Å²) in [4.78, 5) is 12.3. The number of benzene rings is 1. The molecule has 4 nitrogen and oxygen atoms in total. The van der Waals surface area contributed by atoms with Crippen molar-refractivity contribution in [3.05, 3.63) is 23.8 Å². The number of ketones is 1. The molecule has 2 heterocycles. The second-order valence-corrected chi connectivity index (χ2v) is 5.86. The average Bonchev–Trinajstić information content (AvgIpc) is 2.48. The van der Waals surface area contributed by atoms with Crippen LogP contribution in [0.4, 0.5) is 0 Å². The Hall–Kier alpha value is -1.20. The Bertz CT molecular complexity index is 472. The lowest BCUT2D eigenvalue weighted by Gasteiger charge is -2.23. The molecule has 5 heteroatoms. The summed E-state index contributed by atoms with van der Waals surface area (Å²) in [5, 5.41) is 3.38. The van der Waals surface area contributed by atoms with Gasteiger partial charge in [-0.25, -0.2) is 0 Å². The van der Waals surface area contributed by atoms with Gasteiger partial charge in [-0.15, -0.1) is 0 Å². The molecule has 3 rings (SSSR count). The molecular formula is C14H17NO3S. The molecule has 1 N–H and O–H groups in total. The fraction of sp³-hybridized carbons (Fsp3) is 0.500. The number of Topliss-reactive ketones (excluding diaryl/α,β-unsaturated/α-hetero) is 1. The second-order valence-electron chi connectivity index (χ2n) is 4.71. The van der Waals surface area contributed by atoms with E-state index >= 15 is 0 Å². The largest absolute Gasteiger partial charge is 0.486 e. The Kier molecular flexibility index (Phi) is 3.94. The van der Waals surface area contributed by atoms with Crippen molar-refractivity contribution < 1.29 is 14.3 Å². The summed E-state index contributed by atoms with van der Waals surface area (Å²) in [7, 11) is 0. The third kappa shape index (κ3) is 3.04. The Balaban J connectivity index is 1.69. The highest BCUT2D eigenvalue weighted by molar-refractivity contribution is 7.99. The maximum Gasteiger partial charge on any atom is 0.164 e. The third-order valence-electron chi connectivity index (χ3n) is 3.29. The van der Waals surface area contributed by atoms with Crippen LogP contribution in [0.15, 0.2) is 18.2 Å². The summed E-state index contributed by atoms with van der Waals surface area (Å²) in [5.74, 6) is 3.72. The number of ether oxygens (including phenoxy) is 2. The molecular weight excluding hydrogens is 262 g/mol. The van der Waals surface area contributed by atoms with Crippen LogP contribution >= 0.6 is 11.8 Å². The Labute approximate surface area is 116 Å². The van der Waals surface area contributed by atoms with Gasteiger partial charge in [-0.3, -0.25) is 4.79 Å². The van der Waals surface area contributed by atoms with Gasteiger partial charge in [0.05, 0.1) is 0 Å². The number of hydrogen-bond donors (Lipinski definition) is 1. The van der Waals surface area contributed by atoms with Crippen LogP contribution in [0, 0.1) is 0 Å². The molecule has 0 aliphatic carbocycles. The van der Waals surface area contributed by atoms with Crippen molar-refractivity contribution in [3.8, 4) is 11.5 Å². The first kappa shape index (κ1) is 12.8. The Morgan fingerprint density at radius 3 is 2.95 bits per heavy atom. The maximum atomic E-state index is 12.3. The molecule has 0 bridgehead atoms. The Morgan fingerprint density at radius 2 is 2.16 bits per heavy atom. The van der Waals surface area contributed by atoms with Crippen LogP contribution in [0.5, 0.6) is 11.5 Å². The zero-order valence-corrected chi connectivity index (χ0v) is 11.5. The molecule has 2 aliphatic rings. The van der Waals surface area contributed by atoms with Gasteiger partial charge in [0, 0.05) is 36.1 Å². The van der Waals surface area contributed by atoms with E-state index in [1.165, 1.54) is 0 Å². The first-order chi connectivity index (χ1) is 9.33. The van der Waals surface area contributed by atoms with E-state index in [1.54, 1.807) is 6.07 Å². The summed E-state index contributed by atoms with van der Waals surface area (Å²) >= 11 is 1.90. The smallest absolute Gasteiger partial charge is 0.164 e. The molecule has 0 radical (unpaired) electrons. The standard InChI is InChI=1S/C14H17NO3S/c16-12(8-11-9-19-6-3-15-11)10-1-2-13-14(7-10)18-5-4-17-13/h1-2,7,11,15H,3-6,8-9H2. The molecule has 19 heavy (non-hydrogen) atoms. The van der Waals surface area contributed by atoms with Gasteiger partial charge < -0.3 is 14.8 Å². The zero-order chi connectivity index (χ0) is 13.1. The van der Waals surface area contributed by atoms with Crippen molar-refractivity contribution >= 4 is 17.5 Å². The lowest BCUT2D eigenvalue weighted by Crippen LogP contribution is -2.38. The van der Waals surface area contributed by atoms with E-state index in [4.69, 9.17) is 9.47 Å². The van der Waals surface area contributed by atoms with Crippen molar-refractivity contribution in [1.82, 2.24) is 5.32 Å². The maximum absolute atomic E-state index is 12.3. The minimum Gasteiger partial charge on any atom is -0.486 e. The number of fused-ring (bicyclic) bond motifs is 1. The third-order valence-corrected chi connectivity index (χ3v) is 4.43. The van der Waals surface area contributed by atoms with Gasteiger partial charge in [-0.2, -0.15) is 11.8 Å². The minimum atomic E-state index is 0.164. The quantitative estimate of drug-likeness (QED) is 0.854. The van der Waals surface area contributed by atoms with Crippen molar-refractivity contribution in [1.29, 1.82) is 0 Å². The molecule has 1 aromatic carbocycles. The SMILES string of the molecule is O=C(CC1CSCCN1)c1ccc2c(c1)OCCO2. The highest BCUT2D eigenvalue weighted by Gasteiger charge is 2.19. The highest BCUT2D eigenvalue weighted by Crippen LogP contribution is 2.31. The topological polar surface area (TPSA) is 47.6 Å². The predicted octanol–water partition coefficient (Wildman–Crippen LogP) is 1.74. The number of carbonyl (C=O) groups excluding carboxylic acids is 1. The molecule has 1 aromatic rings. The van der Waals surface area contributed by atoms with Crippen LogP contribution in [-0.4, -0.2) is 43.1 Å². The summed E-state index contributed by atoms with van der Waals surface area (Å²) in [6.07, 6.45) is 0.548. The molecule has 1 saturated heterocycles.